The molecule has 0 spiro atoms. The van der Waals surface area contributed by atoms with E-state index in [1.165, 1.54) is 4.90 Å². The van der Waals surface area contributed by atoms with Crippen LogP contribution in [0.4, 0.5) is 32.0 Å². The predicted octanol–water partition coefficient (Wildman–Crippen LogP) is 4.44. The fourth-order valence-electron chi connectivity index (χ4n) is 3.81. The Balaban J connectivity index is 2.07. The van der Waals surface area contributed by atoms with E-state index in [9.17, 15) is 41.4 Å². The highest BCUT2D eigenvalue weighted by atomic mass is 19.4. The molecular weight excluding hydrogens is 440 g/mol. The van der Waals surface area contributed by atoms with Crippen molar-refractivity contribution in [1.29, 1.82) is 0 Å². The molecule has 4 nitrogen and oxygen atoms in total. The minimum atomic E-state index is -6.01. The summed E-state index contributed by atoms with van der Waals surface area (Å²) in [5, 5.41) is 19.9. The van der Waals surface area contributed by atoms with Crippen LogP contribution in [0, 0.1) is 0 Å². The molecule has 10 heteroatoms. The Morgan fingerprint density at radius 3 is 2.19 bits per heavy atom. The lowest BCUT2D eigenvalue weighted by atomic mass is 9.89. The largest absolute Gasteiger partial charge is 0.430 e. The van der Waals surface area contributed by atoms with Crippen LogP contribution in [-0.4, -0.2) is 41.1 Å². The first-order chi connectivity index (χ1) is 14.8. The number of rotatable bonds is 3. The fourth-order valence-corrected chi connectivity index (χ4v) is 3.81. The molecule has 1 heterocycles. The molecule has 2 aromatic carbocycles. The molecule has 0 aliphatic carbocycles. The molecule has 3 rings (SSSR count). The van der Waals surface area contributed by atoms with E-state index in [0.717, 1.165) is 6.07 Å². The summed E-state index contributed by atoms with van der Waals surface area (Å²) in [5.74, 6) is -1.13. The first-order valence-electron chi connectivity index (χ1n) is 9.81. The molecule has 2 aromatic rings. The monoisotopic (exact) mass is 461 g/mol. The van der Waals surface area contributed by atoms with Crippen LogP contribution in [0.2, 0.25) is 0 Å². The van der Waals surface area contributed by atoms with E-state index >= 15 is 0 Å². The molecule has 0 saturated carbocycles. The first-order valence-corrected chi connectivity index (χ1v) is 9.81. The Labute approximate surface area is 180 Å². The van der Waals surface area contributed by atoms with Gasteiger partial charge in [0, 0.05) is 11.3 Å². The molecule has 2 N–H and O–H groups in total. The lowest BCUT2D eigenvalue weighted by Crippen LogP contribution is -2.54. The van der Waals surface area contributed by atoms with Crippen molar-refractivity contribution in [3.05, 3.63) is 65.2 Å². The van der Waals surface area contributed by atoms with Gasteiger partial charge in [-0.2, -0.15) is 26.3 Å². The lowest BCUT2D eigenvalue weighted by molar-refractivity contribution is -0.376. The number of aryl methyl sites for hydroxylation is 1. The summed E-state index contributed by atoms with van der Waals surface area (Å²) in [7, 11) is 0. The maximum absolute atomic E-state index is 13.3. The smallest absolute Gasteiger partial charge is 0.391 e. The number of alkyl halides is 6. The molecule has 1 aliphatic heterocycles. The van der Waals surface area contributed by atoms with Gasteiger partial charge < -0.3 is 15.1 Å². The molecule has 1 aliphatic rings. The number of carbonyl (C=O) groups is 1. The molecule has 0 fully saturated rings. The Morgan fingerprint density at radius 1 is 1.03 bits per heavy atom. The first kappa shape index (κ1) is 24.1. The third kappa shape index (κ3) is 4.21. The molecule has 0 bridgehead atoms. The molecule has 0 saturated heterocycles. The summed E-state index contributed by atoms with van der Waals surface area (Å²) in [4.78, 5) is 14.3. The van der Waals surface area contributed by atoms with E-state index < -0.39 is 41.4 Å². The van der Waals surface area contributed by atoms with Crippen LogP contribution in [0.15, 0.2) is 48.5 Å². The molecule has 1 amide bonds. The minimum absolute atomic E-state index is 0.000383. The second-order valence-electron chi connectivity index (χ2n) is 7.82. The number of hydrogen-bond donors (Lipinski definition) is 2. The number of halogens is 6. The topological polar surface area (TPSA) is 60.8 Å². The SMILES string of the molecule is CC(C(=O)N1CC(O)CCc2cc(C(O)(C(F)(F)F)C(F)(F)F)ccc21)c1ccccc1. The van der Waals surface area contributed by atoms with Gasteiger partial charge in [0.05, 0.1) is 18.6 Å². The molecule has 2 atom stereocenters. The minimum Gasteiger partial charge on any atom is -0.391 e. The molecule has 174 valence electrons. The van der Waals surface area contributed by atoms with Crippen LogP contribution < -0.4 is 4.90 Å². The van der Waals surface area contributed by atoms with Gasteiger partial charge in [-0.3, -0.25) is 4.79 Å². The van der Waals surface area contributed by atoms with Gasteiger partial charge in [0.15, 0.2) is 0 Å². The number of aliphatic hydroxyl groups excluding tert-OH is 1. The highest BCUT2D eigenvalue weighted by Gasteiger charge is 2.71. The van der Waals surface area contributed by atoms with Gasteiger partial charge in [0.1, 0.15) is 0 Å². The van der Waals surface area contributed by atoms with Crippen LogP contribution >= 0.6 is 0 Å². The Hall–Kier alpha value is -2.59. The van der Waals surface area contributed by atoms with Crippen molar-refractivity contribution in [2.24, 2.45) is 0 Å². The summed E-state index contributed by atoms with van der Waals surface area (Å²) in [6, 6.07) is 10.7. The van der Waals surface area contributed by atoms with Crippen LogP contribution in [0.1, 0.15) is 36.0 Å². The summed E-state index contributed by atoms with van der Waals surface area (Å²) in [6.45, 7) is 1.46. The molecule has 32 heavy (non-hydrogen) atoms. The van der Waals surface area contributed by atoms with Crippen LogP contribution in [0.3, 0.4) is 0 Å². The van der Waals surface area contributed by atoms with E-state index in [2.05, 4.69) is 0 Å². The zero-order valence-corrected chi connectivity index (χ0v) is 16.9. The average Bonchev–Trinajstić information content (AvgIpc) is 2.89. The number of anilines is 1. The van der Waals surface area contributed by atoms with Gasteiger partial charge in [-0.25, -0.2) is 0 Å². The standard InChI is InChI=1S/C22H21F6NO3/c1-13(14-5-3-2-4-6-14)19(31)29-12-17(30)9-7-15-11-16(8-10-18(15)29)20(32,21(23,24)25)22(26,27)28/h2-6,8,10-11,13,17,30,32H,7,9,12H2,1H3. The molecule has 0 radical (unpaired) electrons. The second-order valence-corrected chi connectivity index (χ2v) is 7.82. The van der Waals surface area contributed by atoms with E-state index in [0.29, 0.717) is 17.7 Å². The highest BCUT2D eigenvalue weighted by Crippen LogP contribution is 2.50. The van der Waals surface area contributed by atoms with Gasteiger partial charge in [0.2, 0.25) is 5.91 Å². The van der Waals surface area contributed by atoms with E-state index in [1.807, 2.05) is 0 Å². The van der Waals surface area contributed by atoms with Crippen molar-refractivity contribution in [1.82, 2.24) is 0 Å². The maximum Gasteiger partial charge on any atom is 0.430 e. The van der Waals surface area contributed by atoms with Crippen molar-refractivity contribution >= 4 is 11.6 Å². The number of nitrogens with zero attached hydrogens (tertiary/aromatic N) is 1. The van der Waals surface area contributed by atoms with E-state index in [1.54, 1.807) is 37.3 Å². The molecule has 0 aromatic heterocycles. The van der Waals surface area contributed by atoms with E-state index in [-0.39, 0.29) is 30.6 Å². The molecule has 2 unspecified atom stereocenters. The Kier molecular flexibility index (Phi) is 6.32. The van der Waals surface area contributed by atoms with Gasteiger partial charge in [-0.1, -0.05) is 42.5 Å². The van der Waals surface area contributed by atoms with Crippen molar-refractivity contribution in [2.75, 3.05) is 11.4 Å². The average molecular weight is 461 g/mol. The summed E-state index contributed by atoms with van der Waals surface area (Å²) < 4.78 is 79.7. The van der Waals surface area contributed by atoms with Crippen molar-refractivity contribution < 1.29 is 41.4 Å². The summed E-state index contributed by atoms with van der Waals surface area (Å²) in [5.41, 5.74) is -5.69. The van der Waals surface area contributed by atoms with Crippen LogP contribution in [0.25, 0.3) is 0 Å². The number of amides is 1. The van der Waals surface area contributed by atoms with Gasteiger partial charge in [-0.15, -0.1) is 0 Å². The number of benzene rings is 2. The van der Waals surface area contributed by atoms with Crippen LogP contribution in [0.5, 0.6) is 0 Å². The normalized spacial score (nSPS) is 18.7. The number of aliphatic hydroxyl groups is 2. The highest BCUT2D eigenvalue weighted by molar-refractivity contribution is 5.98. The predicted molar refractivity (Wildman–Crippen MR) is 104 cm³/mol. The van der Waals surface area contributed by atoms with Crippen molar-refractivity contribution in [3.63, 3.8) is 0 Å². The van der Waals surface area contributed by atoms with Crippen LogP contribution in [-0.2, 0) is 16.8 Å². The van der Waals surface area contributed by atoms with Gasteiger partial charge >= 0.3 is 12.4 Å². The number of carbonyl (C=O) groups excluding carboxylic acids is 1. The third-order valence-corrected chi connectivity index (χ3v) is 5.68. The zero-order valence-electron chi connectivity index (χ0n) is 16.9. The third-order valence-electron chi connectivity index (χ3n) is 5.68. The van der Waals surface area contributed by atoms with E-state index in [4.69, 9.17) is 0 Å². The quantitative estimate of drug-likeness (QED) is 0.665. The van der Waals surface area contributed by atoms with Gasteiger partial charge in [0.25, 0.3) is 5.60 Å². The second kappa shape index (κ2) is 8.40. The fraction of sp³-hybridized carbons (Fsp3) is 0.409. The summed E-state index contributed by atoms with van der Waals surface area (Å²) >= 11 is 0. The van der Waals surface area contributed by atoms with Crippen molar-refractivity contribution in [3.8, 4) is 0 Å². The van der Waals surface area contributed by atoms with Crippen molar-refractivity contribution in [2.45, 2.75) is 49.7 Å². The Bertz CT molecular complexity index is 960. The molecular formula is C22H21F6NO3. The Morgan fingerprint density at radius 2 is 1.62 bits per heavy atom. The number of β-amino-alcohol motifs (C(OH)–C–C–N with tert-alkyl or cyclic N) is 1. The zero-order chi connectivity index (χ0) is 23.9. The number of fused-ring (bicyclic) bond motifs is 1. The lowest BCUT2D eigenvalue weighted by Gasteiger charge is -2.33. The number of hydrogen-bond acceptors (Lipinski definition) is 3. The summed E-state index contributed by atoms with van der Waals surface area (Å²) in [6.07, 6.45) is -13.1. The van der Waals surface area contributed by atoms with Gasteiger partial charge in [-0.05, 0) is 37.0 Å². The maximum atomic E-state index is 13.3.